The van der Waals surface area contributed by atoms with Crippen molar-refractivity contribution in [2.24, 2.45) is 10.9 Å². The molecule has 0 fully saturated rings. The second kappa shape index (κ2) is 6.83. The summed E-state index contributed by atoms with van der Waals surface area (Å²) in [5.74, 6) is 6.92. The Morgan fingerprint density at radius 1 is 0.913 bits per heavy atom. The number of methoxy groups -OCH3 is 1. The highest BCUT2D eigenvalue weighted by Gasteiger charge is 2.07. The van der Waals surface area contributed by atoms with Gasteiger partial charge >= 0.3 is 0 Å². The fourth-order valence-electron chi connectivity index (χ4n) is 2.59. The van der Waals surface area contributed by atoms with Crippen LogP contribution in [0.1, 0.15) is 11.1 Å². The molecular weight excluding hydrogens is 288 g/mol. The Hall–Kier alpha value is -3.01. The minimum absolute atomic E-state index is 0.443. The van der Waals surface area contributed by atoms with Crippen LogP contribution < -0.4 is 15.3 Å². The summed E-state index contributed by atoms with van der Waals surface area (Å²) in [5, 5.41) is 5.70. The number of benzene rings is 3. The van der Waals surface area contributed by atoms with Crippen molar-refractivity contribution in [2.75, 3.05) is 7.11 Å². The number of para-hydroxylation sites is 1. The standard InChI is InChI=1S/C19H18N2O2/c1-22-18-9-5-2-6-15(18)13-23-19-11-10-14(12-21-20)16-7-3-4-8-17(16)19/h2-12H,13,20H2,1H3. The van der Waals surface area contributed by atoms with Crippen molar-refractivity contribution in [1.29, 1.82) is 0 Å². The molecule has 0 spiro atoms. The van der Waals surface area contributed by atoms with Gasteiger partial charge in [0.2, 0.25) is 0 Å². The minimum Gasteiger partial charge on any atom is -0.496 e. The SMILES string of the molecule is COc1ccccc1COc1ccc(C=NN)c2ccccc12. The smallest absolute Gasteiger partial charge is 0.127 e. The van der Waals surface area contributed by atoms with Crippen LogP contribution in [-0.4, -0.2) is 13.3 Å². The van der Waals surface area contributed by atoms with E-state index >= 15 is 0 Å². The van der Waals surface area contributed by atoms with Gasteiger partial charge in [-0.25, -0.2) is 0 Å². The zero-order valence-electron chi connectivity index (χ0n) is 12.9. The summed E-state index contributed by atoms with van der Waals surface area (Å²) in [4.78, 5) is 0. The topological polar surface area (TPSA) is 56.8 Å². The molecule has 0 saturated heterocycles. The minimum atomic E-state index is 0.443. The molecule has 4 nitrogen and oxygen atoms in total. The molecule has 116 valence electrons. The molecule has 0 aliphatic carbocycles. The van der Waals surface area contributed by atoms with E-state index in [0.29, 0.717) is 6.61 Å². The molecule has 4 heteroatoms. The van der Waals surface area contributed by atoms with Crippen LogP contribution in [0.15, 0.2) is 65.8 Å². The summed E-state index contributed by atoms with van der Waals surface area (Å²) in [7, 11) is 1.66. The number of hydrogen-bond acceptors (Lipinski definition) is 4. The third-order valence-electron chi connectivity index (χ3n) is 3.71. The fourth-order valence-corrected chi connectivity index (χ4v) is 2.59. The van der Waals surface area contributed by atoms with E-state index in [-0.39, 0.29) is 0 Å². The molecule has 0 atom stereocenters. The first-order chi connectivity index (χ1) is 11.3. The number of nitrogens with two attached hydrogens (primary N) is 1. The maximum atomic E-state index is 6.03. The second-order valence-corrected chi connectivity index (χ2v) is 5.08. The number of fused-ring (bicyclic) bond motifs is 1. The van der Waals surface area contributed by atoms with Gasteiger partial charge in [0.25, 0.3) is 0 Å². The second-order valence-electron chi connectivity index (χ2n) is 5.08. The lowest BCUT2D eigenvalue weighted by Crippen LogP contribution is -1.99. The van der Waals surface area contributed by atoms with Crippen LogP contribution in [0.3, 0.4) is 0 Å². The summed E-state index contributed by atoms with van der Waals surface area (Å²) in [6.07, 6.45) is 1.65. The van der Waals surface area contributed by atoms with E-state index in [1.807, 2.05) is 60.7 Å². The zero-order valence-corrected chi connectivity index (χ0v) is 12.9. The molecule has 0 unspecified atom stereocenters. The summed E-state index contributed by atoms with van der Waals surface area (Å²) < 4.78 is 11.4. The van der Waals surface area contributed by atoms with Crippen LogP contribution in [0.2, 0.25) is 0 Å². The van der Waals surface area contributed by atoms with Gasteiger partial charge < -0.3 is 15.3 Å². The van der Waals surface area contributed by atoms with Crippen molar-refractivity contribution in [2.45, 2.75) is 6.61 Å². The molecule has 0 amide bonds. The van der Waals surface area contributed by atoms with E-state index in [1.165, 1.54) is 0 Å². The highest BCUT2D eigenvalue weighted by atomic mass is 16.5. The van der Waals surface area contributed by atoms with Crippen molar-refractivity contribution in [3.05, 3.63) is 71.8 Å². The van der Waals surface area contributed by atoms with Crippen LogP contribution >= 0.6 is 0 Å². The zero-order chi connectivity index (χ0) is 16.1. The maximum Gasteiger partial charge on any atom is 0.127 e. The third-order valence-corrected chi connectivity index (χ3v) is 3.71. The van der Waals surface area contributed by atoms with Crippen molar-refractivity contribution in [3.8, 4) is 11.5 Å². The van der Waals surface area contributed by atoms with Crippen molar-refractivity contribution in [1.82, 2.24) is 0 Å². The van der Waals surface area contributed by atoms with Gasteiger partial charge in [-0.15, -0.1) is 0 Å². The van der Waals surface area contributed by atoms with Gasteiger partial charge in [-0.05, 0) is 23.6 Å². The first kappa shape index (κ1) is 14.9. The van der Waals surface area contributed by atoms with Crippen molar-refractivity contribution >= 4 is 17.0 Å². The van der Waals surface area contributed by atoms with E-state index in [9.17, 15) is 0 Å². The van der Waals surface area contributed by atoms with E-state index in [4.69, 9.17) is 15.3 Å². The number of hydrazone groups is 1. The third kappa shape index (κ3) is 3.11. The Morgan fingerprint density at radius 2 is 1.65 bits per heavy atom. The van der Waals surface area contributed by atoms with Gasteiger partial charge in [0, 0.05) is 16.5 Å². The Morgan fingerprint density at radius 3 is 2.43 bits per heavy atom. The van der Waals surface area contributed by atoms with E-state index in [1.54, 1.807) is 13.3 Å². The Kier molecular flexibility index (Phi) is 4.43. The summed E-state index contributed by atoms with van der Waals surface area (Å²) >= 11 is 0. The Labute approximate surface area is 135 Å². The number of rotatable bonds is 5. The van der Waals surface area contributed by atoms with Gasteiger partial charge in [0.15, 0.2) is 0 Å². The molecular formula is C19H18N2O2. The highest BCUT2D eigenvalue weighted by molar-refractivity contribution is 6.02. The predicted octanol–water partition coefficient (Wildman–Crippen LogP) is 3.72. The van der Waals surface area contributed by atoms with Crippen LogP contribution in [-0.2, 0) is 6.61 Å². The van der Waals surface area contributed by atoms with Crippen LogP contribution in [0.5, 0.6) is 11.5 Å². The average Bonchev–Trinajstić information content (AvgIpc) is 2.61. The molecule has 0 saturated carbocycles. The quantitative estimate of drug-likeness (QED) is 0.444. The first-order valence-corrected chi connectivity index (χ1v) is 7.33. The molecule has 2 N–H and O–H groups in total. The Bertz CT molecular complexity index is 844. The molecule has 0 aliphatic rings. The van der Waals surface area contributed by atoms with Gasteiger partial charge in [-0.2, -0.15) is 5.10 Å². The summed E-state index contributed by atoms with van der Waals surface area (Å²) in [5.41, 5.74) is 1.97. The molecule has 23 heavy (non-hydrogen) atoms. The number of ether oxygens (including phenoxy) is 2. The molecule has 0 bridgehead atoms. The van der Waals surface area contributed by atoms with Crippen LogP contribution in [0, 0.1) is 0 Å². The molecule has 0 heterocycles. The lowest BCUT2D eigenvalue weighted by molar-refractivity contribution is 0.300. The van der Waals surface area contributed by atoms with Crippen LogP contribution in [0.4, 0.5) is 0 Å². The number of hydrogen-bond donors (Lipinski definition) is 1. The fraction of sp³-hybridized carbons (Fsp3) is 0.105. The largest absolute Gasteiger partial charge is 0.496 e. The summed E-state index contributed by atoms with van der Waals surface area (Å²) in [6, 6.07) is 19.8. The Balaban J connectivity index is 1.93. The normalized spacial score (nSPS) is 11.0. The van der Waals surface area contributed by atoms with Crippen LogP contribution in [0.25, 0.3) is 10.8 Å². The van der Waals surface area contributed by atoms with Crippen molar-refractivity contribution < 1.29 is 9.47 Å². The van der Waals surface area contributed by atoms with Gasteiger partial charge in [0.05, 0.1) is 13.3 Å². The first-order valence-electron chi connectivity index (χ1n) is 7.33. The lowest BCUT2D eigenvalue weighted by atomic mass is 10.0. The van der Waals surface area contributed by atoms with Gasteiger partial charge in [0.1, 0.15) is 18.1 Å². The van der Waals surface area contributed by atoms with Gasteiger partial charge in [-0.1, -0.05) is 42.5 Å². The molecule has 3 rings (SSSR count). The van der Waals surface area contributed by atoms with Gasteiger partial charge in [-0.3, -0.25) is 0 Å². The monoisotopic (exact) mass is 306 g/mol. The van der Waals surface area contributed by atoms with E-state index in [2.05, 4.69) is 5.10 Å². The predicted molar refractivity (Wildman–Crippen MR) is 93.1 cm³/mol. The molecule has 3 aromatic carbocycles. The van der Waals surface area contributed by atoms with E-state index in [0.717, 1.165) is 33.4 Å². The molecule has 0 aliphatic heterocycles. The molecule has 0 radical (unpaired) electrons. The highest BCUT2D eigenvalue weighted by Crippen LogP contribution is 2.29. The average molecular weight is 306 g/mol. The number of nitrogens with zero attached hydrogens (tertiary/aromatic N) is 1. The van der Waals surface area contributed by atoms with E-state index < -0.39 is 0 Å². The molecule has 0 aromatic heterocycles. The maximum absolute atomic E-state index is 6.03. The van der Waals surface area contributed by atoms with Crippen molar-refractivity contribution in [3.63, 3.8) is 0 Å². The molecule has 3 aromatic rings. The summed E-state index contributed by atoms with van der Waals surface area (Å²) in [6.45, 7) is 0.443. The lowest BCUT2D eigenvalue weighted by Gasteiger charge is -2.13.